The predicted octanol–water partition coefficient (Wildman–Crippen LogP) is 3.46. The second-order valence-corrected chi connectivity index (χ2v) is 4.31. The minimum atomic E-state index is -4.59. The van der Waals surface area contributed by atoms with E-state index in [2.05, 4.69) is 18.8 Å². The number of nitrogens with one attached hydrogen (secondary N) is 1. The number of nitrogens with zero attached hydrogens (tertiary/aromatic N) is 2. The van der Waals surface area contributed by atoms with Crippen LogP contribution >= 0.6 is 23.3 Å². The molecule has 0 bridgehead atoms. The average Bonchev–Trinajstić information content (AvgIpc) is 2.78. The summed E-state index contributed by atoms with van der Waals surface area (Å²) in [5, 5.41) is 2.25. The van der Waals surface area contributed by atoms with Gasteiger partial charge in [0.15, 0.2) is 6.61 Å². The quantitative estimate of drug-likeness (QED) is 0.922. The summed E-state index contributed by atoms with van der Waals surface area (Å²) >= 11 is 6.73. The van der Waals surface area contributed by atoms with Crippen molar-refractivity contribution in [2.24, 2.45) is 0 Å². The van der Waals surface area contributed by atoms with Gasteiger partial charge in [-0.05, 0) is 12.1 Å². The Morgan fingerprint density at radius 2 is 2.16 bits per heavy atom. The van der Waals surface area contributed by atoms with Crippen molar-refractivity contribution in [3.05, 3.63) is 17.2 Å². The third kappa shape index (κ3) is 3.44. The fourth-order valence-corrected chi connectivity index (χ4v) is 1.97. The summed E-state index contributed by atoms with van der Waals surface area (Å²) in [5.41, 5.74) is 0.835. The van der Waals surface area contributed by atoms with Crippen LogP contribution in [0, 0.1) is 0 Å². The molecule has 0 atom stereocenters. The number of anilines is 1. The van der Waals surface area contributed by atoms with Crippen LogP contribution < -0.4 is 5.32 Å². The number of halogens is 4. The van der Waals surface area contributed by atoms with Gasteiger partial charge in [0.25, 0.3) is 0 Å². The molecule has 1 aromatic heterocycles. The summed E-state index contributed by atoms with van der Waals surface area (Å²) in [4.78, 5) is 11.2. The van der Waals surface area contributed by atoms with Crippen LogP contribution in [0.1, 0.15) is 0 Å². The van der Waals surface area contributed by atoms with Crippen molar-refractivity contribution in [3.8, 4) is 0 Å². The Morgan fingerprint density at radius 1 is 1.42 bits per heavy atom. The predicted molar refractivity (Wildman–Crippen MR) is 63.5 cm³/mol. The van der Waals surface area contributed by atoms with Gasteiger partial charge in [0.1, 0.15) is 11.0 Å². The van der Waals surface area contributed by atoms with Gasteiger partial charge in [-0.3, -0.25) is 5.32 Å². The molecule has 0 unspecified atom stereocenters. The van der Waals surface area contributed by atoms with Crippen LogP contribution in [0.5, 0.6) is 0 Å². The highest BCUT2D eigenvalue weighted by atomic mass is 35.5. The zero-order valence-electron chi connectivity index (χ0n) is 8.99. The number of amides is 1. The molecule has 1 aromatic carbocycles. The molecule has 0 aliphatic rings. The first-order valence-electron chi connectivity index (χ1n) is 4.78. The maximum Gasteiger partial charge on any atom is 0.422 e. The van der Waals surface area contributed by atoms with Crippen LogP contribution in [0.3, 0.4) is 0 Å². The molecule has 0 fully saturated rings. The van der Waals surface area contributed by atoms with E-state index in [9.17, 15) is 18.0 Å². The normalized spacial score (nSPS) is 11.6. The van der Waals surface area contributed by atoms with Crippen LogP contribution in [0.15, 0.2) is 12.1 Å². The molecule has 0 saturated heterocycles. The van der Waals surface area contributed by atoms with Crippen LogP contribution in [-0.2, 0) is 4.74 Å². The Labute approximate surface area is 113 Å². The zero-order chi connectivity index (χ0) is 14.0. The lowest BCUT2D eigenvalue weighted by molar-refractivity contribution is -0.159. The van der Waals surface area contributed by atoms with E-state index >= 15 is 0 Å². The molecule has 10 heteroatoms. The summed E-state index contributed by atoms with van der Waals surface area (Å²) in [7, 11) is 0. The van der Waals surface area contributed by atoms with Crippen molar-refractivity contribution in [1.82, 2.24) is 8.75 Å². The Kier molecular flexibility index (Phi) is 3.76. The Balaban J connectivity index is 2.15. The first-order valence-corrected chi connectivity index (χ1v) is 5.89. The molecule has 0 aliphatic carbocycles. The van der Waals surface area contributed by atoms with Crippen molar-refractivity contribution in [3.63, 3.8) is 0 Å². The van der Waals surface area contributed by atoms with Gasteiger partial charge in [-0.25, -0.2) is 4.79 Å². The lowest BCUT2D eigenvalue weighted by atomic mass is 10.2. The number of ether oxygens (including phenoxy) is 1. The lowest BCUT2D eigenvalue weighted by Gasteiger charge is -2.10. The molecule has 19 heavy (non-hydrogen) atoms. The molecule has 0 radical (unpaired) electrons. The van der Waals surface area contributed by atoms with Crippen molar-refractivity contribution in [2.75, 3.05) is 11.9 Å². The van der Waals surface area contributed by atoms with E-state index in [-0.39, 0.29) is 10.7 Å². The highest BCUT2D eigenvalue weighted by molar-refractivity contribution is 7.00. The number of hydrogen-bond donors (Lipinski definition) is 1. The van der Waals surface area contributed by atoms with Gasteiger partial charge in [-0.15, -0.1) is 0 Å². The largest absolute Gasteiger partial charge is 0.440 e. The number of carbonyl (C=O) groups excluding carboxylic acids is 1. The fourth-order valence-electron chi connectivity index (χ4n) is 1.23. The summed E-state index contributed by atoms with van der Waals surface area (Å²) in [6.45, 7) is -1.68. The Hall–Kier alpha value is -1.61. The number of rotatable bonds is 2. The fraction of sp³-hybridized carbons (Fsp3) is 0.222. The molecule has 1 N–H and O–H groups in total. The lowest BCUT2D eigenvalue weighted by Crippen LogP contribution is -2.23. The van der Waals surface area contributed by atoms with Crippen molar-refractivity contribution < 1.29 is 22.7 Å². The van der Waals surface area contributed by atoms with Gasteiger partial charge in [0.2, 0.25) is 0 Å². The number of carbonyl (C=O) groups is 1. The summed E-state index contributed by atoms with van der Waals surface area (Å²) in [5.74, 6) is 0. The van der Waals surface area contributed by atoms with Gasteiger partial charge in [-0.1, -0.05) is 11.6 Å². The zero-order valence-corrected chi connectivity index (χ0v) is 10.6. The first-order chi connectivity index (χ1) is 8.87. The summed E-state index contributed by atoms with van der Waals surface area (Å²) in [6.07, 6.45) is -5.85. The minimum absolute atomic E-state index is 0.0695. The number of fused-ring (bicyclic) bond motifs is 1. The van der Waals surface area contributed by atoms with E-state index in [1.807, 2.05) is 0 Å². The molecule has 0 spiro atoms. The molecule has 1 amide bonds. The molecule has 2 aromatic rings. The smallest absolute Gasteiger partial charge is 0.422 e. The molecule has 102 valence electrons. The summed E-state index contributed by atoms with van der Waals surface area (Å²) in [6, 6.07) is 3.03. The molecule has 0 saturated carbocycles. The van der Waals surface area contributed by atoms with Gasteiger partial charge in [-0.2, -0.15) is 21.9 Å². The molecular weight excluding hydrogens is 307 g/mol. The van der Waals surface area contributed by atoms with E-state index in [4.69, 9.17) is 11.6 Å². The van der Waals surface area contributed by atoms with Crippen molar-refractivity contribution in [2.45, 2.75) is 6.18 Å². The second kappa shape index (κ2) is 5.17. The van der Waals surface area contributed by atoms with E-state index in [0.717, 1.165) is 11.7 Å². The van der Waals surface area contributed by atoms with Crippen LogP contribution in [0.4, 0.5) is 23.7 Å². The maximum atomic E-state index is 11.9. The SMILES string of the molecule is O=C(Nc1c(Cl)ccc2nsnc12)OCC(F)(F)F. The van der Waals surface area contributed by atoms with Crippen molar-refractivity contribution in [1.29, 1.82) is 0 Å². The highest BCUT2D eigenvalue weighted by Gasteiger charge is 2.29. The number of aromatic nitrogens is 2. The standard InChI is InChI=1S/C9H5ClF3N3O2S/c10-4-1-2-5-7(16-19-15-5)6(4)14-8(17)18-3-9(11,12)13/h1-2H,3H2,(H,14,17). The van der Waals surface area contributed by atoms with Crippen molar-refractivity contribution >= 4 is 46.1 Å². The van der Waals surface area contributed by atoms with Gasteiger partial charge in [0, 0.05) is 0 Å². The van der Waals surface area contributed by atoms with Crippen LogP contribution in [0.2, 0.25) is 5.02 Å². The first kappa shape index (κ1) is 13.8. The number of benzene rings is 1. The molecule has 2 rings (SSSR count). The van der Waals surface area contributed by atoms with E-state index in [0.29, 0.717) is 11.0 Å². The summed E-state index contributed by atoms with van der Waals surface area (Å²) < 4.78 is 47.5. The third-order valence-electron chi connectivity index (χ3n) is 1.97. The topological polar surface area (TPSA) is 64.1 Å². The van der Waals surface area contributed by atoms with Crippen LogP contribution in [0.25, 0.3) is 11.0 Å². The van der Waals surface area contributed by atoms with E-state index < -0.39 is 18.9 Å². The minimum Gasteiger partial charge on any atom is -0.440 e. The van der Waals surface area contributed by atoms with E-state index in [1.54, 1.807) is 6.07 Å². The van der Waals surface area contributed by atoms with Gasteiger partial charge < -0.3 is 4.74 Å². The van der Waals surface area contributed by atoms with Crippen LogP contribution in [-0.4, -0.2) is 27.6 Å². The molecule has 5 nitrogen and oxygen atoms in total. The highest BCUT2D eigenvalue weighted by Crippen LogP contribution is 2.30. The number of alkyl halides is 3. The third-order valence-corrected chi connectivity index (χ3v) is 2.83. The maximum absolute atomic E-state index is 11.9. The molecule has 1 heterocycles. The van der Waals surface area contributed by atoms with E-state index in [1.165, 1.54) is 6.07 Å². The second-order valence-electron chi connectivity index (χ2n) is 3.37. The Bertz CT molecular complexity index is 616. The molecular formula is C9H5ClF3N3O2S. The molecule has 0 aliphatic heterocycles. The number of hydrogen-bond acceptors (Lipinski definition) is 5. The average molecular weight is 312 g/mol. The monoisotopic (exact) mass is 311 g/mol. The Morgan fingerprint density at radius 3 is 2.84 bits per heavy atom. The van der Waals surface area contributed by atoms with Gasteiger partial charge in [0.05, 0.1) is 22.4 Å². The van der Waals surface area contributed by atoms with Gasteiger partial charge >= 0.3 is 12.3 Å².